The smallest absolute Gasteiger partial charge is 0.239 e. The first-order chi connectivity index (χ1) is 12.2. The van der Waals surface area contributed by atoms with E-state index < -0.39 is 0 Å². The third-order valence-corrected chi connectivity index (χ3v) is 5.48. The molecule has 3 rings (SSSR count). The summed E-state index contributed by atoms with van der Waals surface area (Å²) in [6.45, 7) is 4.60. The third kappa shape index (κ3) is 4.95. The fraction of sp³-hybridized carbons (Fsp3) is 0.650. The molecule has 25 heavy (non-hydrogen) atoms. The molecule has 0 radical (unpaired) electrons. The van der Waals surface area contributed by atoms with Crippen LogP contribution in [-0.2, 0) is 4.79 Å². The first-order valence-electron chi connectivity index (χ1n) is 9.67. The zero-order valence-electron chi connectivity index (χ0n) is 15.2. The lowest BCUT2D eigenvalue weighted by Gasteiger charge is -2.34. The number of rotatable bonds is 8. The van der Waals surface area contributed by atoms with Crippen molar-refractivity contribution in [1.29, 1.82) is 0 Å². The van der Waals surface area contributed by atoms with E-state index in [4.69, 9.17) is 0 Å². The standard InChI is InChI=1S/C20H31N3O2/c1-2-17(15-24)23(19-6-4-3-5-7-19)14-20(25)21-16-10-12-22(13-11-16)18-8-9-18/h3-7,16-18,24H,2,8-15H2,1H3,(H,21,25). The van der Waals surface area contributed by atoms with Crippen molar-refractivity contribution >= 4 is 11.6 Å². The summed E-state index contributed by atoms with van der Waals surface area (Å²) < 4.78 is 0. The first kappa shape index (κ1) is 18.2. The molecule has 1 aromatic carbocycles. The highest BCUT2D eigenvalue weighted by molar-refractivity contribution is 5.81. The average Bonchev–Trinajstić information content (AvgIpc) is 3.48. The number of hydrogen-bond donors (Lipinski definition) is 2. The van der Waals surface area contributed by atoms with Crippen LogP contribution in [0.4, 0.5) is 5.69 Å². The molecule has 1 aromatic rings. The highest BCUT2D eigenvalue weighted by atomic mass is 16.3. The molecule has 1 aliphatic heterocycles. The van der Waals surface area contributed by atoms with E-state index in [0.29, 0.717) is 6.54 Å². The van der Waals surface area contributed by atoms with E-state index in [9.17, 15) is 9.90 Å². The Morgan fingerprint density at radius 2 is 1.92 bits per heavy atom. The van der Waals surface area contributed by atoms with E-state index in [1.807, 2.05) is 42.2 Å². The molecule has 1 amide bonds. The summed E-state index contributed by atoms with van der Waals surface area (Å²) >= 11 is 0. The van der Waals surface area contributed by atoms with Crippen molar-refractivity contribution in [2.45, 2.75) is 57.2 Å². The van der Waals surface area contributed by atoms with Gasteiger partial charge in [-0.3, -0.25) is 4.79 Å². The number of nitrogens with one attached hydrogen (secondary N) is 1. The van der Waals surface area contributed by atoms with Crippen LogP contribution in [0, 0.1) is 0 Å². The van der Waals surface area contributed by atoms with Gasteiger partial charge in [0.2, 0.25) is 5.91 Å². The number of benzene rings is 1. The van der Waals surface area contributed by atoms with Crippen molar-refractivity contribution in [3.63, 3.8) is 0 Å². The molecule has 1 saturated carbocycles. The van der Waals surface area contributed by atoms with Crippen molar-refractivity contribution in [3.05, 3.63) is 30.3 Å². The van der Waals surface area contributed by atoms with Gasteiger partial charge in [-0.1, -0.05) is 25.1 Å². The third-order valence-electron chi connectivity index (χ3n) is 5.48. The van der Waals surface area contributed by atoms with Gasteiger partial charge in [0.1, 0.15) is 0 Å². The van der Waals surface area contributed by atoms with Gasteiger partial charge >= 0.3 is 0 Å². The van der Waals surface area contributed by atoms with Gasteiger partial charge in [0.05, 0.1) is 19.2 Å². The summed E-state index contributed by atoms with van der Waals surface area (Å²) in [6, 6.07) is 11.0. The number of nitrogens with zero attached hydrogens (tertiary/aromatic N) is 2. The second-order valence-electron chi connectivity index (χ2n) is 7.32. The first-order valence-corrected chi connectivity index (χ1v) is 9.67. The molecule has 138 valence electrons. The second-order valence-corrected chi connectivity index (χ2v) is 7.32. The summed E-state index contributed by atoms with van der Waals surface area (Å²) in [7, 11) is 0. The molecule has 1 saturated heterocycles. The molecule has 5 nitrogen and oxygen atoms in total. The number of amides is 1. The zero-order valence-corrected chi connectivity index (χ0v) is 15.2. The molecule has 2 aliphatic rings. The molecular formula is C20H31N3O2. The lowest BCUT2D eigenvalue weighted by Crippen LogP contribution is -2.50. The van der Waals surface area contributed by atoms with Crippen LogP contribution in [0.3, 0.4) is 0 Å². The molecule has 2 N–H and O–H groups in total. The molecule has 1 unspecified atom stereocenters. The lowest BCUT2D eigenvalue weighted by atomic mass is 10.0. The Morgan fingerprint density at radius 1 is 1.24 bits per heavy atom. The van der Waals surface area contributed by atoms with E-state index in [1.165, 1.54) is 12.8 Å². The second kappa shape index (κ2) is 8.68. The van der Waals surface area contributed by atoms with Gasteiger partial charge < -0.3 is 20.2 Å². The van der Waals surface area contributed by atoms with Crippen LogP contribution in [0.5, 0.6) is 0 Å². The molecule has 1 aliphatic carbocycles. The highest BCUT2D eigenvalue weighted by Crippen LogP contribution is 2.29. The summed E-state index contributed by atoms with van der Waals surface area (Å²) in [5.74, 6) is 0.0561. The minimum Gasteiger partial charge on any atom is -0.394 e. The van der Waals surface area contributed by atoms with Gasteiger partial charge in [-0.05, 0) is 44.2 Å². The van der Waals surface area contributed by atoms with Crippen LogP contribution in [0.25, 0.3) is 0 Å². The number of piperidine rings is 1. The van der Waals surface area contributed by atoms with Crippen LogP contribution in [0.1, 0.15) is 39.0 Å². The normalized spacial score (nSPS) is 20.2. The predicted molar refractivity (Wildman–Crippen MR) is 101 cm³/mol. The number of aliphatic hydroxyl groups excluding tert-OH is 1. The number of carbonyl (C=O) groups excluding carboxylic acids is 1. The topological polar surface area (TPSA) is 55.8 Å². The van der Waals surface area contributed by atoms with Crippen molar-refractivity contribution in [3.8, 4) is 0 Å². The van der Waals surface area contributed by atoms with Crippen LogP contribution in [-0.4, -0.2) is 60.3 Å². The minimum atomic E-state index is -0.0372. The van der Waals surface area contributed by atoms with Crippen LogP contribution in [0.2, 0.25) is 0 Å². The fourth-order valence-electron chi connectivity index (χ4n) is 3.78. The molecule has 0 spiro atoms. The lowest BCUT2D eigenvalue weighted by molar-refractivity contribution is -0.120. The van der Waals surface area contributed by atoms with Crippen LogP contribution in [0.15, 0.2) is 30.3 Å². The molecule has 5 heteroatoms. The van der Waals surface area contributed by atoms with Gasteiger partial charge in [-0.15, -0.1) is 0 Å². The van der Waals surface area contributed by atoms with E-state index in [2.05, 4.69) is 10.2 Å². The van der Waals surface area contributed by atoms with Crippen molar-refractivity contribution in [2.75, 3.05) is 31.1 Å². The van der Waals surface area contributed by atoms with Gasteiger partial charge in [0, 0.05) is 30.9 Å². The minimum absolute atomic E-state index is 0.0372. The molecule has 1 heterocycles. The average molecular weight is 345 g/mol. The Morgan fingerprint density at radius 3 is 2.48 bits per heavy atom. The zero-order chi connectivity index (χ0) is 17.6. The Hall–Kier alpha value is -1.59. The summed E-state index contributed by atoms with van der Waals surface area (Å²) in [6.07, 6.45) is 5.60. The number of hydrogen-bond acceptors (Lipinski definition) is 4. The maximum atomic E-state index is 12.6. The van der Waals surface area contributed by atoms with Crippen LogP contribution < -0.4 is 10.2 Å². The molecule has 2 fully saturated rings. The largest absolute Gasteiger partial charge is 0.394 e. The van der Waals surface area contributed by atoms with E-state index >= 15 is 0 Å². The Bertz CT molecular complexity index is 535. The van der Waals surface area contributed by atoms with E-state index in [1.54, 1.807) is 0 Å². The van der Waals surface area contributed by atoms with E-state index in [0.717, 1.165) is 44.1 Å². The molecule has 0 bridgehead atoms. The Labute approximate surface area is 151 Å². The van der Waals surface area contributed by atoms with Gasteiger partial charge in [0.15, 0.2) is 0 Å². The predicted octanol–water partition coefficient (Wildman–Crippen LogP) is 2.01. The number of aliphatic hydroxyl groups is 1. The SMILES string of the molecule is CCC(CO)N(CC(=O)NC1CCN(C2CC2)CC1)c1ccccc1. The number of anilines is 1. The molecule has 1 atom stereocenters. The van der Waals surface area contributed by atoms with Gasteiger partial charge in [-0.2, -0.15) is 0 Å². The molecule has 0 aromatic heterocycles. The number of carbonyl (C=O) groups is 1. The maximum Gasteiger partial charge on any atom is 0.239 e. The van der Waals surface area contributed by atoms with Crippen molar-refractivity contribution in [2.24, 2.45) is 0 Å². The van der Waals surface area contributed by atoms with Crippen molar-refractivity contribution < 1.29 is 9.90 Å². The highest BCUT2D eigenvalue weighted by Gasteiger charge is 2.32. The Kier molecular flexibility index (Phi) is 6.32. The van der Waals surface area contributed by atoms with E-state index in [-0.39, 0.29) is 24.6 Å². The monoisotopic (exact) mass is 345 g/mol. The Balaban J connectivity index is 1.54. The summed E-state index contributed by atoms with van der Waals surface area (Å²) in [5, 5.41) is 12.9. The number of para-hydroxylation sites is 1. The molecular weight excluding hydrogens is 314 g/mol. The van der Waals surface area contributed by atoms with Gasteiger partial charge in [0.25, 0.3) is 0 Å². The maximum absolute atomic E-state index is 12.6. The van der Waals surface area contributed by atoms with Gasteiger partial charge in [-0.25, -0.2) is 0 Å². The number of likely N-dealkylation sites (tertiary alicyclic amines) is 1. The quantitative estimate of drug-likeness (QED) is 0.757. The van der Waals surface area contributed by atoms with Crippen LogP contribution >= 0.6 is 0 Å². The van der Waals surface area contributed by atoms with Crippen molar-refractivity contribution in [1.82, 2.24) is 10.2 Å². The fourth-order valence-corrected chi connectivity index (χ4v) is 3.78. The summed E-state index contributed by atoms with van der Waals surface area (Å²) in [5.41, 5.74) is 0.988. The summed E-state index contributed by atoms with van der Waals surface area (Å²) in [4.78, 5) is 17.2.